The lowest BCUT2D eigenvalue weighted by Gasteiger charge is -2.78. The van der Waals surface area contributed by atoms with Gasteiger partial charge in [-0.25, -0.2) is 0 Å². The number of aliphatic carboxylic acids is 1. The van der Waals surface area contributed by atoms with Crippen molar-refractivity contribution in [3.8, 4) is 11.8 Å². The summed E-state index contributed by atoms with van der Waals surface area (Å²) in [7, 11) is 0. The topological polar surface area (TPSA) is 122 Å². The Morgan fingerprint density at radius 2 is 1.67 bits per heavy atom. The molecule has 7 saturated carbocycles. The van der Waals surface area contributed by atoms with Crippen molar-refractivity contribution < 1.29 is 25.2 Å². The number of hydrogen-bond donors (Lipinski definition) is 6. The molecular weight excluding hydrogens is 1140 g/mol. The highest BCUT2D eigenvalue weighted by molar-refractivity contribution is 5.81. The van der Waals surface area contributed by atoms with Crippen molar-refractivity contribution in [2.45, 2.75) is 191 Å². The Labute approximate surface area is 551 Å². The molecule has 19 atom stereocenters. The molecule has 3 aromatic rings. The van der Waals surface area contributed by atoms with E-state index in [9.17, 15) is 20.4 Å². The number of nitrogens with one attached hydrogen (secondary N) is 2. The van der Waals surface area contributed by atoms with E-state index in [2.05, 4.69) is 150 Å². The molecule has 15 aliphatic carbocycles. The van der Waals surface area contributed by atoms with Gasteiger partial charge in [0.1, 0.15) is 0 Å². The summed E-state index contributed by atoms with van der Waals surface area (Å²) >= 11 is 0. The molecule has 93 heavy (non-hydrogen) atoms. The first-order valence-corrected chi connectivity index (χ1v) is 37.5. The molecule has 0 saturated heterocycles. The molecule has 7 nitrogen and oxygen atoms in total. The van der Waals surface area contributed by atoms with Gasteiger partial charge >= 0.3 is 5.97 Å². The molecule has 7 heteroatoms. The van der Waals surface area contributed by atoms with Gasteiger partial charge in [-0.15, -0.1) is 11.8 Å². The highest BCUT2D eigenvalue weighted by atomic mass is 16.4. The maximum absolute atomic E-state index is 15.6. The zero-order valence-corrected chi connectivity index (χ0v) is 54.8. The molecule has 482 valence electrons. The summed E-state index contributed by atoms with van der Waals surface area (Å²) in [6.07, 6.45) is 47.4. The number of rotatable bonds is 4. The van der Waals surface area contributed by atoms with Crippen molar-refractivity contribution in [1.82, 2.24) is 10.6 Å². The van der Waals surface area contributed by atoms with E-state index < -0.39 is 51.2 Å². The first kappa shape index (κ1) is 58.3. The van der Waals surface area contributed by atoms with Gasteiger partial charge in [-0.3, -0.25) is 4.79 Å². The van der Waals surface area contributed by atoms with E-state index in [0.29, 0.717) is 37.5 Å². The zero-order chi connectivity index (χ0) is 62.3. The third kappa shape index (κ3) is 7.46. The van der Waals surface area contributed by atoms with Gasteiger partial charge in [0.2, 0.25) is 0 Å². The fraction of sp³-hybridized carbons (Fsp3) is 0.570. The predicted molar refractivity (Wildman–Crippen MR) is 367 cm³/mol. The molecule has 3 aromatic carbocycles. The van der Waals surface area contributed by atoms with Crippen LogP contribution in [0, 0.1) is 108 Å². The first-order chi connectivity index (χ1) is 45.5. The number of allylic oxidation sites excluding steroid dienone is 10. The minimum atomic E-state index is -1.01. The van der Waals surface area contributed by atoms with Crippen LogP contribution in [-0.4, -0.2) is 51.7 Å². The lowest BCUT2D eigenvalue weighted by Crippen LogP contribution is -2.73. The monoisotopic (exact) mass is 1240 g/mol. The molecule has 22 rings (SSSR count). The number of fused-ring (bicyclic) bond motifs is 5. The van der Waals surface area contributed by atoms with E-state index in [1.807, 2.05) is 0 Å². The van der Waals surface area contributed by atoms with Crippen molar-refractivity contribution in [3.05, 3.63) is 183 Å². The van der Waals surface area contributed by atoms with E-state index in [1.165, 1.54) is 95.1 Å². The smallest absolute Gasteiger partial charge is 0.307 e. The van der Waals surface area contributed by atoms with E-state index in [1.54, 1.807) is 11.1 Å². The molecule has 7 fully saturated rings. The van der Waals surface area contributed by atoms with Crippen LogP contribution in [0.4, 0.5) is 0 Å². The molecule has 20 bridgehead atoms. The van der Waals surface area contributed by atoms with Crippen molar-refractivity contribution in [3.63, 3.8) is 0 Å². The molecule has 4 heterocycles. The molecule has 1 unspecified atom stereocenters. The van der Waals surface area contributed by atoms with Crippen LogP contribution in [-0.2, 0) is 11.2 Å². The number of carboxylic acids is 1. The van der Waals surface area contributed by atoms with Crippen LogP contribution in [0.2, 0.25) is 0 Å². The highest BCUT2D eigenvalue weighted by Gasteiger charge is 2.91. The summed E-state index contributed by atoms with van der Waals surface area (Å²) in [6.45, 7) is 1.52. The maximum atomic E-state index is 15.6. The number of benzene rings is 3. The van der Waals surface area contributed by atoms with Crippen LogP contribution in [0.1, 0.15) is 190 Å². The summed E-state index contributed by atoms with van der Waals surface area (Å²) in [6, 6.07) is 30.1. The number of aliphatic hydroxyl groups is 3. The Morgan fingerprint density at radius 3 is 2.53 bits per heavy atom. The third-order valence-corrected chi connectivity index (χ3v) is 31.3. The predicted octanol–water partition coefficient (Wildman–Crippen LogP) is 15.4. The van der Waals surface area contributed by atoms with Gasteiger partial charge in [-0.1, -0.05) is 158 Å². The maximum Gasteiger partial charge on any atom is 0.307 e. The van der Waals surface area contributed by atoms with Gasteiger partial charge in [-0.2, -0.15) is 0 Å². The lowest BCUT2D eigenvalue weighted by atomic mass is 9.24. The van der Waals surface area contributed by atoms with Crippen LogP contribution in [0.5, 0.6) is 0 Å². The minimum absolute atomic E-state index is 0.00687. The van der Waals surface area contributed by atoms with E-state index in [4.69, 9.17) is 0 Å². The summed E-state index contributed by atoms with van der Waals surface area (Å²) in [5.41, 5.74) is 9.36. The molecule has 6 N–H and O–H groups in total. The van der Waals surface area contributed by atoms with E-state index >= 15 is 4.79 Å². The van der Waals surface area contributed by atoms with Gasteiger partial charge in [0.05, 0.1) is 30.2 Å². The second kappa shape index (κ2) is 21.0. The summed E-state index contributed by atoms with van der Waals surface area (Å²) in [4.78, 5) is 15.6. The largest absolute Gasteiger partial charge is 0.516 e. The number of aliphatic hydroxyl groups excluding tert-OH is 3. The standard InChI is InChI=1S/C86H98N2O5/c89-53-61-26-28-68(77(92)93)84-41-32-72-79(38-30-55(49-79)45-54-15-3-1-4-16-54)42-43-82(72)39-31-62-48-70-71(86(82)67(76(84)91)25-12-37-85(62,84)86)51-80-34-14-36-81-35-10-9-23-64(75-65-22-8-7-19-59(65)47-69(66(75)50-80)83(70,78(80)81)40-33-73(81)90)58-21-11-20-57(46-58)60-27-29-74(88-52-60)87-44-13-24-63(61)56-17-5-2-6-18-56/h1,3-4,7-8,11,14-16,19-22,27,29,32,34,41,46-47,50,53,55-56,62-64,67-69,72-73,76,78,87-91H,2,5-6,12-13,17-18,23-26,28,30-31,33,35-40,42-45,48-49,51-52H2,(H,92,93)/b61-53+/t55-,62+,63+,64+,67-,68+,69-,72-,73+,76-,78?,79-,80-,81-,82-,83+,84+,85-,86+/m1/s1. The Bertz CT molecular complexity index is 4070. The van der Waals surface area contributed by atoms with Crippen molar-refractivity contribution in [2.75, 3.05) is 13.1 Å². The number of hydrogen-bond acceptors (Lipinski definition) is 6. The summed E-state index contributed by atoms with van der Waals surface area (Å²) < 4.78 is 0. The Morgan fingerprint density at radius 1 is 0.785 bits per heavy atom. The number of carboxylic acid groups (broad SMARTS) is 1. The molecule has 19 aliphatic rings. The fourth-order valence-electron chi connectivity index (χ4n) is 28.9. The van der Waals surface area contributed by atoms with Gasteiger partial charge in [0.25, 0.3) is 0 Å². The van der Waals surface area contributed by atoms with Gasteiger partial charge in [-0.05, 0) is 248 Å². The normalized spacial score (nSPS) is 44.8. The van der Waals surface area contributed by atoms with Crippen LogP contribution in [0.15, 0.2) is 156 Å². The number of dihydropyridines is 1. The molecule has 0 radical (unpaired) electrons. The first-order valence-electron chi connectivity index (χ1n) is 37.5. The second-order valence-electron chi connectivity index (χ2n) is 33.9. The Kier molecular flexibility index (Phi) is 13.1. The minimum Gasteiger partial charge on any atom is -0.516 e. The van der Waals surface area contributed by atoms with Crippen LogP contribution >= 0.6 is 0 Å². The SMILES string of the molecule is O=C(O)[C@@H]1CC/C(=C\O)[C@H](C2CCCCC2)CCCNC2=CC=C(CN2)c2cccc(c2)[C@@H]2CC#CC[C@@]34CC=C[C@@]56C=C7C2=c2ccccc2=C[C@H]7[C@@](CC[C@@H]3O)(C2=C(C5)[C@]35[C@@H]7CCC[C@]38[C@@H](CC[C@]53CC[C@@]5(CC[C@H](Cc9ccccc9)C5)[C@H]3C=C[C@@]18[C@@H]7O)C2)C64. The highest BCUT2D eigenvalue weighted by Crippen LogP contribution is 2.95. The average Bonchev–Trinajstić information content (AvgIpc) is 1.48. The van der Waals surface area contributed by atoms with Crippen LogP contribution < -0.4 is 21.1 Å². The molecule has 4 aliphatic heterocycles. The fourth-order valence-corrected chi connectivity index (χ4v) is 28.9. The van der Waals surface area contributed by atoms with Crippen LogP contribution in [0.3, 0.4) is 0 Å². The van der Waals surface area contributed by atoms with Gasteiger partial charge in [0, 0.05) is 64.8 Å². The van der Waals surface area contributed by atoms with E-state index in [-0.39, 0.29) is 57.7 Å². The van der Waals surface area contributed by atoms with Crippen LogP contribution in [0.25, 0.3) is 17.2 Å². The van der Waals surface area contributed by atoms with Gasteiger partial charge < -0.3 is 31.1 Å². The molecular formula is C86H98N2O5. The van der Waals surface area contributed by atoms with E-state index in [0.717, 1.165) is 127 Å². The lowest BCUT2D eigenvalue weighted by molar-refractivity contribution is -0.233. The summed E-state index contributed by atoms with van der Waals surface area (Å²) in [5, 5.41) is 63.0. The van der Waals surface area contributed by atoms with Crippen molar-refractivity contribution >= 4 is 23.2 Å². The molecule has 0 amide bonds. The Balaban J connectivity index is 0.880. The second-order valence-corrected chi connectivity index (χ2v) is 33.9. The molecule has 5 spiro atoms. The summed E-state index contributed by atoms with van der Waals surface area (Å²) in [5.74, 6) is 9.15. The van der Waals surface area contributed by atoms with Crippen molar-refractivity contribution in [2.24, 2.45) is 96.6 Å². The number of carbonyl (C=O) groups is 1. The average molecular weight is 1240 g/mol. The molecule has 0 aromatic heterocycles. The zero-order valence-electron chi connectivity index (χ0n) is 54.8. The van der Waals surface area contributed by atoms with Crippen molar-refractivity contribution in [1.29, 1.82) is 0 Å². The Hall–Kier alpha value is -6.07. The quantitative estimate of drug-likeness (QED) is 0.0874. The third-order valence-electron chi connectivity index (χ3n) is 31.3. The van der Waals surface area contributed by atoms with Gasteiger partial charge in [0.15, 0.2) is 0 Å².